The molecule has 0 radical (unpaired) electrons. The van der Waals surface area contributed by atoms with Gasteiger partial charge in [-0.3, -0.25) is 9.59 Å². The van der Waals surface area contributed by atoms with Crippen LogP contribution in [0, 0.1) is 0 Å². The number of rotatable bonds is 9. The molecule has 0 atom stereocenters. The second kappa shape index (κ2) is 9.57. The number of hydrogen-bond acceptors (Lipinski definition) is 6. The van der Waals surface area contributed by atoms with Gasteiger partial charge >= 0.3 is 0 Å². The molecule has 2 rings (SSSR count). The molecule has 1 aromatic heterocycles. The molecule has 0 unspecified atom stereocenters. The summed E-state index contributed by atoms with van der Waals surface area (Å²) in [7, 11) is 3.07. The van der Waals surface area contributed by atoms with Crippen LogP contribution in [-0.2, 0) is 11.3 Å². The van der Waals surface area contributed by atoms with E-state index in [2.05, 4.69) is 10.4 Å². The average molecular weight is 361 g/mol. The molecule has 0 saturated heterocycles. The largest absolute Gasteiger partial charge is 0.497 e. The number of benzene rings is 1. The van der Waals surface area contributed by atoms with Crippen LogP contribution in [0.25, 0.3) is 11.3 Å². The lowest BCUT2D eigenvalue weighted by molar-refractivity contribution is -0.121. The van der Waals surface area contributed by atoms with Crippen molar-refractivity contribution >= 4 is 5.91 Å². The second-order valence-electron chi connectivity index (χ2n) is 5.53. The van der Waals surface area contributed by atoms with Crippen molar-refractivity contribution in [3.8, 4) is 22.8 Å². The van der Waals surface area contributed by atoms with E-state index in [0.717, 1.165) is 11.3 Å². The molecular weight excluding hydrogens is 338 g/mol. The number of carbonyl (C=O) groups excluding carboxylic acids is 1. The molecule has 1 aromatic carbocycles. The van der Waals surface area contributed by atoms with Gasteiger partial charge in [0.2, 0.25) is 5.91 Å². The maximum absolute atomic E-state index is 12.2. The van der Waals surface area contributed by atoms with Crippen molar-refractivity contribution in [1.82, 2.24) is 15.1 Å². The predicted molar refractivity (Wildman–Crippen MR) is 96.4 cm³/mol. The Morgan fingerprint density at radius 1 is 1.23 bits per heavy atom. The van der Waals surface area contributed by atoms with Crippen LogP contribution < -0.4 is 20.3 Å². The molecular formula is C18H23N3O5. The number of aliphatic hydroxyl groups is 1. The molecule has 1 amide bonds. The Morgan fingerprint density at radius 2 is 1.96 bits per heavy atom. The highest BCUT2D eigenvalue weighted by molar-refractivity contribution is 5.75. The summed E-state index contributed by atoms with van der Waals surface area (Å²) in [6.07, 6.45) is 0.705. The fourth-order valence-electron chi connectivity index (χ4n) is 2.41. The number of ether oxygens (including phenoxy) is 2. The van der Waals surface area contributed by atoms with E-state index in [1.807, 2.05) is 12.1 Å². The lowest BCUT2D eigenvalue weighted by Crippen LogP contribution is -2.27. The summed E-state index contributed by atoms with van der Waals surface area (Å²) >= 11 is 0. The SMILES string of the molecule is COc1ccc(-c2nn(CCCC(=O)NCCO)c(=O)cc2OC)cc1. The van der Waals surface area contributed by atoms with E-state index in [1.165, 1.54) is 17.9 Å². The van der Waals surface area contributed by atoms with Gasteiger partial charge in [-0.2, -0.15) is 5.10 Å². The van der Waals surface area contributed by atoms with Gasteiger partial charge in [-0.25, -0.2) is 4.68 Å². The Labute approximate surface area is 151 Å². The lowest BCUT2D eigenvalue weighted by Gasteiger charge is -2.12. The fourth-order valence-corrected chi connectivity index (χ4v) is 2.41. The molecule has 8 heteroatoms. The first kappa shape index (κ1) is 19.5. The van der Waals surface area contributed by atoms with Crippen LogP contribution in [0.5, 0.6) is 11.5 Å². The molecule has 8 nitrogen and oxygen atoms in total. The van der Waals surface area contributed by atoms with Crippen LogP contribution in [0.15, 0.2) is 35.1 Å². The van der Waals surface area contributed by atoms with Gasteiger partial charge < -0.3 is 19.9 Å². The van der Waals surface area contributed by atoms with Crippen molar-refractivity contribution in [3.63, 3.8) is 0 Å². The van der Waals surface area contributed by atoms with Crippen LogP contribution in [0.1, 0.15) is 12.8 Å². The van der Waals surface area contributed by atoms with Gasteiger partial charge in [0.15, 0.2) is 5.75 Å². The van der Waals surface area contributed by atoms with Crippen LogP contribution in [-0.4, -0.2) is 48.2 Å². The number of nitrogens with zero attached hydrogens (tertiary/aromatic N) is 2. The number of carbonyl (C=O) groups is 1. The minimum atomic E-state index is -0.296. The Kier molecular flexibility index (Phi) is 7.16. The zero-order valence-electron chi connectivity index (χ0n) is 14.9. The molecule has 0 spiro atoms. The van der Waals surface area contributed by atoms with Crippen molar-refractivity contribution < 1.29 is 19.4 Å². The molecule has 2 aromatic rings. The summed E-state index contributed by atoms with van der Waals surface area (Å²) in [5, 5.41) is 15.7. The number of aromatic nitrogens is 2. The molecule has 26 heavy (non-hydrogen) atoms. The molecule has 0 fully saturated rings. The van der Waals surface area contributed by atoms with Crippen LogP contribution in [0.4, 0.5) is 0 Å². The monoisotopic (exact) mass is 361 g/mol. The molecule has 0 bridgehead atoms. The second-order valence-corrected chi connectivity index (χ2v) is 5.53. The first-order valence-electron chi connectivity index (χ1n) is 8.27. The van der Waals surface area contributed by atoms with Gasteiger partial charge in [0.25, 0.3) is 5.56 Å². The topological polar surface area (TPSA) is 103 Å². The Morgan fingerprint density at radius 3 is 2.58 bits per heavy atom. The number of aryl methyl sites for hydroxylation is 1. The van der Waals surface area contributed by atoms with E-state index >= 15 is 0 Å². The summed E-state index contributed by atoms with van der Waals surface area (Å²) < 4.78 is 11.8. The summed E-state index contributed by atoms with van der Waals surface area (Å²) in [5.41, 5.74) is 1.03. The van der Waals surface area contributed by atoms with Crippen molar-refractivity contribution in [2.75, 3.05) is 27.4 Å². The quantitative estimate of drug-likeness (QED) is 0.685. The van der Waals surface area contributed by atoms with Gasteiger partial charge in [-0.15, -0.1) is 0 Å². The summed E-state index contributed by atoms with van der Waals surface area (Å²) in [6.45, 7) is 0.427. The maximum atomic E-state index is 12.2. The predicted octanol–water partition coefficient (Wildman–Crippen LogP) is 0.816. The molecule has 1 heterocycles. The number of hydrogen-bond donors (Lipinski definition) is 2. The zero-order valence-corrected chi connectivity index (χ0v) is 14.9. The Bertz CT molecular complexity index is 786. The van der Waals surface area contributed by atoms with Gasteiger partial charge in [-0.05, 0) is 30.7 Å². The van der Waals surface area contributed by atoms with Crippen molar-refractivity contribution in [2.45, 2.75) is 19.4 Å². The Hall–Kier alpha value is -2.87. The maximum Gasteiger partial charge on any atom is 0.270 e. The van der Waals surface area contributed by atoms with Gasteiger partial charge in [0, 0.05) is 31.1 Å². The van der Waals surface area contributed by atoms with Crippen LogP contribution in [0.3, 0.4) is 0 Å². The zero-order chi connectivity index (χ0) is 18.9. The normalized spacial score (nSPS) is 10.4. The highest BCUT2D eigenvalue weighted by Gasteiger charge is 2.12. The lowest BCUT2D eigenvalue weighted by atomic mass is 10.1. The molecule has 140 valence electrons. The van der Waals surface area contributed by atoms with E-state index in [1.54, 1.807) is 19.2 Å². The van der Waals surface area contributed by atoms with Crippen LogP contribution >= 0.6 is 0 Å². The standard InChI is InChI=1S/C18H23N3O5/c1-25-14-7-5-13(6-8-14)18-15(26-2)12-17(24)21(20-18)10-3-4-16(23)19-9-11-22/h5-8,12,22H,3-4,9-11H2,1-2H3,(H,19,23). The Balaban J connectivity index is 2.17. The third-order valence-electron chi connectivity index (χ3n) is 3.75. The van der Waals surface area contributed by atoms with Gasteiger partial charge in [-0.1, -0.05) is 0 Å². The summed E-state index contributed by atoms with van der Waals surface area (Å²) in [4.78, 5) is 23.8. The molecule has 0 saturated carbocycles. The third-order valence-corrected chi connectivity index (χ3v) is 3.75. The van der Waals surface area contributed by atoms with Crippen molar-refractivity contribution in [3.05, 3.63) is 40.7 Å². The van der Waals surface area contributed by atoms with Gasteiger partial charge in [0.1, 0.15) is 11.4 Å². The number of nitrogens with one attached hydrogen (secondary N) is 1. The van der Waals surface area contributed by atoms with E-state index in [9.17, 15) is 9.59 Å². The first-order chi connectivity index (χ1) is 12.6. The number of methoxy groups -OCH3 is 2. The number of amides is 1. The third kappa shape index (κ3) is 5.06. The molecule has 0 aliphatic heterocycles. The van der Waals surface area contributed by atoms with Gasteiger partial charge in [0.05, 0.1) is 20.8 Å². The number of aliphatic hydroxyl groups excluding tert-OH is 1. The smallest absolute Gasteiger partial charge is 0.270 e. The van der Waals surface area contributed by atoms with E-state index in [-0.39, 0.29) is 31.0 Å². The molecule has 0 aliphatic carbocycles. The first-order valence-corrected chi connectivity index (χ1v) is 8.27. The minimum absolute atomic E-state index is 0.101. The fraction of sp³-hybridized carbons (Fsp3) is 0.389. The highest BCUT2D eigenvalue weighted by atomic mass is 16.5. The minimum Gasteiger partial charge on any atom is -0.497 e. The van der Waals surface area contributed by atoms with Crippen molar-refractivity contribution in [1.29, 1.82) is 0 Å². The van der Waals surface area contributed by atoms with Crippen LogP contribution in [0.2, 0.25) is 0 Å². The van der Waals surface area contributed by atoms with E-state index in [4.69, 9.17) is 14.6 Å². The summed E-state index contributed by atoms with van der Waals surface area (Å²) in [5.74, 6) is 0.933. The summed E-state index contributed by atoms with van der Waals surface area (Å²) in [6, 6.07) is 8.66. The van der Waals surface area contributed by atoms with E-state index < -0.39 is 0 Å². The average Bonchev–Trinajstić information content (AvgIpc) is 2.67. The van der Waals surface area contributed by atoms with E-state index in [0.29, 0.717) is 24.4 Å². The highest BCUT2D eigenvalue weighted by Crippen LogP contribution is 2.27. The molecule has 2 N–H and O–H groups in total. The van der Waals surface area contributed by atoms with Crippen molar-refractivity contribution in [2.24, 2.45) is 0 Å². The molecule has 0 aliphatic rings.